The maximum absolute atomic E-state index is 9.57. The molecule has 1 fully saturated rings. The fourth-order valence-corrected chi connectivity index (χ4v) is 5.01. The van der Waals surface area contributed by atoms with Crippen molar-refractivity contribution >= 4 is 11.8 Å². The SMILES string of the molecule is C[C@@H]1CCN(CCOc2ccc([C@H]3CSc4cc(O)ccc4O3)cc2)C1.Oc1ccccc1. The van der Waals surface area contributed by atoms with E-state index < -0.39 is 0 Å². The van der Waals surface area contributed by atoms with E-state index in [4.69, 9.17) is 14.6 Å². The van der Waals surface area contributed by atoms with Gasteiger partial charge in [0.25, 0.3) is 0 Å². The zero-order chi connectivity index (χ0) is 23.0. The Morgan fingerprint density at radius 3 is 2.45 bits per heavy atom. The van der Waals surface area contributed by atoms with Gasteiger partial charge in [0.15, 0.2) is 0 Å². The van der Waals surface area contributed by atoms with Crippen molar-refractivity contribution in [1.82, 2.24) is 4.90 Å². The molecule has 0 spiro atoms. The van der Waals surface area contributed by atoms with Crippen LogP contribution in [0.1, 0.15) is 25.0 Å². The summed E-state index contributed by atoms with van der Waals surface area (Å²) >= 11 is 1.72. The van der Waals surface area contributed by atoms with Crippen LogP contribution in [0.2, 0.25) is 0 Å². The molecule has 0 aromatic heterocycles. The van der Waals surface area contributed by atoms with Gasteiger partial charge in [0, 0.05) is 18.8 Å². The first kappa shape index (κ1) is 23.3. The Balaban J connectivity index is 0.000000318. The molecule has 0 unspecified atom stereocenters. The molecule has 3 aromatic rings. The molecular weight excluding hydrogens is 434 g/mol. The molecule has 2 heterocycles. The Hall–Kier alpha value is -2.83. The van der Waals surface area contributed by atoms with Crippen LogP contribution in [0.4, 0.5) is 0 Å². The van der Waals surface area contributed by atoms with Gasteiger partial charge in [-0.2, -0.15) is 0 Å². The number of likely N-dealkylation sites (tertiary alicyclic amines) is 1. The Labute approximate surface area is 200 Å². The van der Waals surface area contributed by atoms with E-state index in [1.165, 1.54) is 19.5 Å². The van der Waals surface area contributed by atoms with Crippen molar-refractivity contribution < 1.29 is 19.7 Å². The molecular formula is C27H31NO4S. The third-order valence-electron chi connectivity index (χ3n) is 5.78. The van der Waals surface area contributed by atoms with Gasteiger partial charge in [0.05, 0.1) is 4.90 Å². The lowest BCUT2D eigenvalue weighted by atomic mass is 10.1. The molecule has 2 aliphatic heterocycles. The maximum atomic E-state index is 9.57. The molecule has 6 heteroatoms. The summed E-state index contributed by atoms with van der Waals surface area (Å²) in [7, 11) is 0. The van der Waals surface area contributed by atoms with Gasteiger partial charge < -0.3 is 19.7 Å². The summed E-state index contributed by atoms with van der Waals surface area (Å²) in [6.45, 7) is 6.43. The summed E-state index contributed by atoms with van der Waals surface area (Å²) in [5.41, 5.74) is 1.15. The minimum Gasteiger partial charge on any atom is -0.508 e. The molecule has 5 nitrogen and oxygen atoms in total. The molecule has 1 saturated heterocycles. The number of aromatic hydroxyl groups is 2. The minimum absolute atomic E-state index is 0.0252. The van der Waals surface area contributed by atoms with Gasteiger partial charge in [-0.1, -0.05) is 37.3 Å². The van der Waals surface area contributed by atoms with Gasteiger partial charge in [-0.3, -0.25) is 4.90 Å². The highest BCUT2D eigenvalue weighted by Crippen LogP contribution is 2.42. The average Bonchev–Trinajstić information content (AvgIpc) is 3.25. The van der Waals surface area contributed by atoms with Crippen molar-refractivity contribution in [2.24, 2.45) is 5.92 Å². The Bertz CT molecular complexity index is 1010. The third kappa shape index (κ3) is 6.83. The lowest BCUT2D eigenvalue weighted by Crippen LogP contribution is -2.25. The molecule has 2 aliphatic rings. The summed E-state index contributed by atoms with van der Waals surface area (Å²) < 4.78 is 12.0. The molecule has 33 heavy (non-hydrogen) atoms. The molecule has 0 saturated carbocycles. The van der Waals surface area contributed by atoms with Crippen molar-refractivity contribution in [3.05, 3.63) is 78.4 Å². The van der Waals surface area contributed by atoms with Gasteiger partial charge in [-0.05, 0) is 66.9 Å². The van der Waals surface area contributed by atoms with Crippen LogP contribution in [0.25, 0.3) is 0 Å². The molecule has 0 radical (unpaired) electrons. The molecule has 0 bridgehead atoms. The van der Waals surface area contributed by atoms with E-state index in [0.717, 1.165) is 46.8 Å². The molecule has 2 atom stereocenters. The Kier molecular flexibility index (Phi) is 8.02. The second-order valence-electron chi connectivity index (χ2n) is 8.50. The number of hydrogen-bond acceptors (Lipinski definition) is 6. The quantitative estimate of drug-likeness (QED) is 0.502. The molecule has 5 rings (SSSR count). The predicted molar refractivity (Wildman–Crippen MR) is 132 cm³/mol. The number of ether oxygens (including phenoxy) is 2. The van der Waals surface area contributed by atoms with Crippen LogP contribution >= 0.6 is 11.8 Å². The van der Waals surface area contributed by atoms with Crippen LogP contribution < -0.4 is 9.47 Å². The van der Waals surface area contributed by atoms with Crippen LogP contribution in [0, 0.1) is 5.92 Å². The smallest absolute Gasteiger partial charge is 0.134 e. The highest BCUT2D eigenvalue weighted by atomic mass is 32.2. The summed E-state index contributed by atoms with van der Waals surface area (Å²) in [4.78, 5) is 3.47. The van der Waals surface area contributed by atoms with E-state index in [9.17, 15) is 5.11 Å². The fourth-order valence-electron chi connectivity index (χ4n) is 3.95. The number of rotatable bonds is 5. The van der Waals surface area contributed by atoms with Gasteiger partial charge in [0.2, 0.25) is 0 Å². The normalized spacial score (nSPS) is 19.7. The van der Waals surface area contributed by atoms with Gasteiger partial charge in [-0.15, -0.1) is 11.8 Å². The molecule has 2 N–H and O–H groups in total. The molecule has 174 valence electrons. The number of nitrogens with zero attached hydrogens (tertiary/aromatic N) is 1. The largest absolute Gasteiger partial charge is 0.508 e. The van der Waals surface area contributed by atoms with Gasteiger partial charge in [0.1, 0.15) is 35.7 Å². The van der Waals surface area contributed by atoms with E-state index >= 15 is 0 Å². The standard InChI is InChI=1S/C21H25NO3S.C6H6O/c1-15-8-9-22(13-15)10-11-24-18-5-2-16(3-6-18)20-14-26-21-12-17(23)4-7-19(21)25-20;7-6-4-2-1-3-5-6/h2-7,12,15,20,23H,8-11,13-14H2,1H3;1-5,7H/t15-,20-;/m1./s1. The first-order valence-corrected chi connectivity index (χ1v) is 12.4. The van der Waals surface area contributed by atoms with Crippen molar-refractivity contribution in [1.29, 1.82) is 0 Å². The number of phenolic OH excluding ortho intramolecular Hbond substituents is 2. The van der Waals surface area contributed by atoms with Crippen LogP contribution in [-0.2, 0) is 0 Å². The second-order valence-corrected chi connectivity index (χ2v) is 9.56. The first-order valence-electron chi connectivity index (χ1n) is 11.4. The van der Waals surface area contributed by atoms with Gasteiger partial charge in [-0.25, -0.2) is 0 Å². The van der Waals surface area contributed by atoms with Crippen LogP contribution in [0.3, 0.4) is 0 Å². The zero-order valence-corrected chi connectivity index (χ0v) is 19.7. The van der Waals surface area contributed by atoms with Crippen LogP contribution in [0.15, 0.2) is 77.7 Å². The van der Waals surface area contributed by atoms with E-state index in [1.54, 1.807) is 48.2 Å². The van der Waals surface area contributed by atoms with Crippen molar-refractivity contribution in [3.8, 4) is 23.0 Å². The lowest BCUT2D eigenvalue weighted by Gasteiger charge is -2.26. The highest BCUT2D eigenvalue weighted by Gasteiger charge is 2.22. The number of fused-ring (bicyclic) bond motifs is 1. The second kappa shape index (κ2) is 11.3. The highest BCUT2D eigenvalue weighted by molar-refractivity contribution is 7.99. The molecule has 3 aromatic carbocycles. The summed E-state index contributed by atoms with van der Waals surface area (Å²) in [5.74, 6) is 4.01. The summed E-state index contributed by atoms with van der Waals surface area (Å²) in [5, 5.41) is 18.2. The van der Waals surface area contributed by atoms with E-state index in [0.29, 0.717) is 5.75 Å². The van der Waals surface area contributed by atoms with Crippen LogP contribution in [-0.4, -0.2) is 47.1 Å². The molecule has 0 amide bonds. The zero-order valence-electron chi connectivity index (χ0n) is 18.9. The number of para-hydroxylation sites is 1. The van der Waals surface area contributed by atoms with Gasteiger partial charge >= 0.3 is 0 Å². The third-order valence-corrected chi connectivity index (χ3v) is 6.88. The van der Waals surface area contributed by atoms with E-state index in [1.807, 2.05) is 24.3 Å². The predicted octanol–water partition coefficient (Wildman–Crippen LogP) is 5.73. The lowest BCUT2D eigenvalue weighted by molar-refractivity contribution is 0.219. The summed E-state index contributed by atoms with van der Waals surface area (Å²) in [6.07, 6.45) is 1.33. The number of benzene rings is 3. The van der Waals surface area contributed by atoms with Crippen molar-refractivity contribution in [2.75, 3.05) is 32.0 Å². The molecule has 0 aliphatic carbocycles. The first-order chi connectivity index (χ1) is 16.1. The average molecular weight is 466 g/mol. The summed E-state index contributed by atoms with van der Waals surface area (Å²) in [6, 6.07) is 22.2. The van der Waals surface area contributed by atoms with Crippen molar-refractivity contribution in [2.45, 2.75) is 24.3 Å². The fraction of sp³-hybridized carbons (Fsp3) is 0.333. The number of phenols is 2. The Morgan fingerprint density at radius 2 is 1.79 bits per heavy atom. The monoisotopic (exact) mass is 465 g/mol. The maximum Gasteiger partial charge on any atom is 0.134 e. The van der Waals surface area contributed by atoms with Crippen LogP contribution in [0.5, 0.6) is 23.0 Å². The van der Waals surface area contributed by atoms with Crippen molar-refractivity contribution in [3.63, 3.8) is 0 Å². The van der Waals surface area contributed by atoms with E-state index in [-0.39, 0.29) is 11.9 Å². The minimum atomic E-state index is 0.0252. The number of hydrogen-bond donors (Lipinski definition) is 2. The Morgan fingerprint density at radius 1 is 1.00 bits per heavy atom. The van der Waals surface area contributed by atoms with E-state index in [2.05, 4.69) is 24.0 Å². The topological polar surface area (TPSA) is 62.2 Å². The number of thioether (sulfide) groups is 1.